The molecule has 1 aliphatic heterocycles. The number of carbonyl (C=O) groups is 2. The van der Waals surface area contributed by atoms with Gasteiger partial charge in [0.15, 0.2) is 21.3 Å². The Bertz CT molecular complexity index is 1210. The maximum Gasteiger partial charge on any atom is 0.407 e. The molecule has 3 N–H and O–H groups in total. The normalized spacial score (nSPS) is 17.7. The number of carbonyl (C=O) groups excluding carboxylic acids is 2. The maximum atomic E-state index is 12.9. The molecule has 4 atom stereocenters. The van der Waals surface area contributed by atoms with Gasteiger partial charge in [-0.05, 0) is 69.6 Å². The van der Waals surface area contributed by atoms with Gasteiger partial charge in [-0.25, -0.2) is 13.2 Å². The van der Waals surface area contributed by atoms with E-state index in [0.717, 1.165) is 12.0 Å². The first kappa shape index (κ1) is 40.6. The largest absolute Gasteiger partial charge is 0.493 e. The van der Waals surface area contributed by atoms with Gasteiger partial charge in [-0.15, -0.1) is 0 Å². The average Bonchev–Trinajstić information content (AvgIpc) is 2.98. The summed E-state index contributed by atoms with van der Waals surface area (Å²) in [4.78, 5) is 27.9. The van der Waals surface area contributed by atoms with Gasteiger partial charge >= 0.3 is 6.09 Å². The molecule has 0 radical (unpaired) electrons. The molecule has 13 heteroatoms. The summed E-state index contributed by atoms with van der Waals surface area (Å²) in [7, 11) is 0.294. The van der Waals surface area contributed by atoms with Crippen LogP contribution in [0.1, 0.15) is 66.4 Å². The van der Waals surface area contributed by atoms with Gasteiger partial charge in [-0.1, -0.05) is 26.8 Å². The van der Waals surface area contributed by atoms with Crippen molar-refractivity contribution in [3.63, 3.8) is 0 Å². The van der Waals surface area contributed by atoms with Gasteiger partial charge < -0.3 is 34.7 Å². The van der Waals surface area contributed by atoms with Crippen LogP contribution in [0, 0.1) is 17.8 Å². The van der Waals surface area contributed by atoms with E-state index in [1.54, 1.807) is 41.9 Å². The number of aliphatic hydroxyl groups excluding tert-OH is 1. The summed E-state index contributed by atoms with van der Waals surface area (Å²) >= 11 is 0. The fourth-order valence-corrected chi connectivity index (χ4v) is 6.73. The number of methoxy groups -OCH3 is 2. The zero-order valence-electron chi connectivity index (χ0n) is 29.7. The zero-order chi connectivity index (χ0) is 35.2. The van der Waals surface area contributed by atoms with E-state index in [-0.39, 0.29) is 35.7 Å². The SMILES string of the molecule is COCCCOc1cc(CC(CC(NC(=O)OC(C)(C)C)C(O)CC(C)C(=O)NCCN2CCS(=O)(=O)CC2)C(C)C)ccc1OC. The molecule has 1 heterocycles. The summed E-state index contributed by atoms with van der Waals surface area (Å²) in [5.41, 5.74) is 0.321. The van der Waals surface area contributed by atoms with Crippen molar-refractivity contribution >= 4 is 21.8 Å². The van der Waals surface area contributed by atoms with Crippen molar-refractivity contribution in [3.05, 3.63) is 23.8 Å². The second-order valence-electron chi connectivity index (χ2n) is 13.9. The standard InChI is InChI=1S/C34H59N3O9S/c1-24(2)27(21-26-10-11-30(44-8)31(22-26)45-17-9-16-43-7)23-28(36-33(40)46-34(4,5)6)29(38)20-25(3)32(39)35-12-13-37-14-18-47(41,42)19-15-37/h10-11,22,24-25,27-29,38H,9,12-21,23H2,1-8H3,(H,35,39)(H,36,40). The topological polar surface area (TPSA) is 153 Å². The van der Waals surface area contributed by atoms with E-state index >= 15 is 0 Å². The predicted octanol–water partition coefficient (Wildman–Crippen LogP) is 3.44. The molecule has 1 aromatic carbocycles. The summed E-state index contributed by atoms with van der Waals surface area (Å²) in [6.07, 6.45) is 0.383. The molecule has 0 bridgehead atoms. The number of sulfone groups is 1. The van der Waals surface area contributed by atoms with Gasteiger partial charge in [0.05, 0.1) is 37.4 Å². The van der Waals surface area contributed by atoms with Crippen LogP contribution in [-0.4, -0.2) is 113 Å². The molecule has 1 aromatic rings. The van der Waals surface area contributed by atoms with Gasteiger partial charge in [-0.3, -0.25) is 9.69 Å². The molecule has 47 heavy (non-hydrogen) atoms. The molecule has 4 unspecified atom stereocenters. The van der Waals surface area contributed by atoms with Crippen molar-refractivity contribution < 1.29 is 42.1 Å². The Morgan fingerprint density at radius 3 is 2.30 bits per heavy atom. The van der Waals surface area contributed by atoms with Crippen LogP contribution in [0.3, 0.4) is 0 Å². The highest BCUT2D eigenvalue weighted by Crippen LogP contribution is 2.32. The van der Waals surface area contributed by atoms with Crippen LogP contribution < -0.4 is 20.1 Å². The molecule has 12 nitrogen and oxygen atoms in total. The van der Waals surface area contributed by atoms with Crippen molar-refractivity contribution in [2.24, 2.45) is 17.8 Å². The van der Waals surface area contributed by atoms with Crippen LogP contribution >= 0.6 is 0 Å². The molecule has 1 saturated heterocycles. The fourth-order valence-electron chi connectivity index (χ4n) is 5.46. The second-order valence-corrected chi connectivity index (χ2v) is 16.2. The molecule has 1 fully saturated rings. The Kier molecular flexibility index (Phi) is 16.7. The summed E-state index contributed by atoms with van der Waals surface area (Å²) in [5.74, 6) is 1.11. The first-order chi connectivity index (χ1) is 22.0. The van der Waals surface area contributed by atoms with E-state index in [1.165, 1.54) is 0 Å². The molecule has 0 spiro atoms. The average molecular weight is 686 g/mol. The molecular weight excluding hydrogens is 626 g/mol. The summed E-state index contributed by atoms with van der Waals surface area (Å²) < 4.78 is 45.5. The molecule has 0 aliphatic carbocycles. The van der Waals surface area contributed by atoms with Crippen LogP contribution in [0.5, 0.6) is 11.5 Å². The summed E-state index contributed by atoms with van der Waals surface area (Å²) in [6, 6.07) is 5.20. The maximum absolute atomic E-state index is 12.9. The molecule has 2 amide bonds. The van der Waals surface area contributed by atoms with Crippen LogP contribution in [0.4, 0.5) is 4.79 Å². The van der Waals surface area contributed by atoms with Crippen LogP contribution in [0.15, 0.2) is 18.2 Å². The Morgan fingerprint density at radius 2 is 1.70 bits per heavy atom. The van der Waals surface area contributed by atoms with Gasteiger partial charge in [0.1, 0.15) is 5.60 Å². The fraction of sp³-hybridized carbons (Fsp3) is 0.765. The molecule has 0 saturated carbocycles. The van der Waals surface area contributed by atoms with E-state index in [1.807, 2.05) is 23.1 Å². The monoisotopic (exact) mass is 685 g/mol. The molecular formula is C34H59N3O9S. The predicted molar refractivity (Wildman–Crippen MR) is 183 cm³/mol. The summed E-state index contributed by atoms with van der Waals surface area (Å²) in [6.45, 7) is 14.3. The minimum atomic E-state index is -2.96. The number of amides is 2. The van der Waals surface area contributed by atoms with Crippen molar-refractivity contribution in [2.75, 3.05) is 65.1 Å². The van der Waals surface area contributed by atoms with Crippen LogP contribution in [-0.2, 0) is 30.5 Å². The molecule has 2 rings (SSSR count). The number of hydrogen-bond donors (Lipinski definition) is 3. The van der Waals surface area contributed by atoms with Crippen molar-refractivity contribution in [1.82, 2.24) is 15.5 Å². The van der Waals surface area contributed by atoms with E-state index in [9.17, 15) is 23.1 Å². The smallest absolute Gasteiger partial charge is 0.407 e. The number of benzene rings is 1. The Morgan fingerprint density at radius 1 is 1.02 bits per heavy atom. The van der Waals surface area contributed by atoms with E-state index in [2.05, 4.69) is 24.5 Å². The lowest BCUT2D eigenvalue weighted by Crippen LogP contribution is -2.48. The van der Waals surface area contributed by atoms with Crippen LogP contribution in [0.25, 0.3) is 0 Å². The number of nitrogens with one attached hydrogen (secondary N) is 2. The first-order valence-electron chi connectivity index (χ1n) is 16.7. The highest BCUT2D eigenvalue weighted by Gasteiger charge is 2.31. The molecule has 270 valence electrons. The summed E-state index contributed by atoms with van der Waals surface area (Å²) in [5, 5.41) is 17.2. The van der Waals surface area contributed by atoms with Gasteiger partial charge in [-0.2, -0.15) is 0 Å². The number of rotatable bonds is 19. The zero-order valence-corrected chi connectivity index (χ0v) is 30.5. The second kappa shape index (κ2) is 19.4. The Balaban J connectivity index is 2.11. The van der Waals surface area contributed by atoms with E-state index < -0.39 is 39.6 Å². The molecule has 1 aliphatic rings. The third-order valence-electron chi connectivity index (χ3n) is 8.35. The Labute approximate surface area is 282 Å². The third-order valence-corrected chi connectivity index (χ3v) is 9.96. The highest BCUT2D eigenvalue weighted by atomic mass is 32.2. The van der Waals surface area contributed by atoms with E-state index in [0.29, 0.717) is 63.7 Å². The van der Waals surface area contributed by atoms with Gasteiger partial charge in [0.2, 0.25) is 5.91 Å². The number of alkyl carbamates (subject to hydrolysis) is 1. The van der Waals surface area contributed by atoms with E-state index in [4.69, 9.17) is 18.9 Å². The van der Waals surface area contributed by atoms with Gasteiger partial charge in [0, 0.05) is 52.2 Å². The lowest BCUT2D eigenvalue weighted by Gasteiger charge is -2.32. The first-order valence-corrected chi connectivity index (χ1v) is 18.5. The van der Waals surface area contributed by atoms with Crippen molar-refractivity contribution in [3.8, 4) is 11.5 Å². The number of ether oxygens (including phenoxy) is 4. The lowest BCUT2D eigenvalue weighted by molar-refractivity contribution is -0.125. The number of hydrogen-bond acceptors (Lipinski definition) is 10. The molecule has 0 aromatic heterocycles. The van der Waals surface area contributed by atoms with Crippen molar-refractivity contribution in [2.45, 2.75) is 85.0 Å². The van der Waals surface area contributed by atoms with Gasteiger partial charge in [0.25, 0.3) is 0 Å². The highest BCUT2D eigenvalue weighted by molar-refractivity contribution is 7.91. The lowest BCUT2D eigenvalue weighted by atomic mass is 9.82. The minimum Gasteiger partial charge on any atom is -0.493 e. The van der Waals surface area contributed by atoms with Crippen molar-refractivity contribution in [1.29, 1.82) is 0 Å². The number of nitrogens with zero attached hydrogens (tertiary/aromatic N) is 1. The number of aliphatic hydroxyl groups is 1. The minimum absolute atomic E-state index is 0.0665. The third kappa shape index (κ3) is 15.4. The quantitative estimate of drug-likeness (QED) is 0.185. The van der Waals surface area contributed by atoms with Crippen LogP contribution in [0.2, 0.25) is 0 Å². The Hall–Kier alpha value is -2.61.